The molecule has 0 amide bonds. The highest BCUT2D eigenvalue weighted by molar-refractivity contribution is 7.89. The van der Waals surface area contributed by atoms with Crippen LogP contribution in [0, 0.1) is 12.7 Å². The number of sulfonamides is 1. The third-order valence-corrected chi connectivity index (χ3v) is 6.05. The van der Waals surface area contributed by atoms with E-state index in [-0.39, 0.29) is 23.8 Å². The van der Waals surface area contributed by atoms with Gasteiger partial charge in [0.15, 0.2) is 0 Å². The fraction of sp³-hybridized carbons (Fsp3) is 0.333. The molecule has 0 fully saturated rings. The van der Waals surface area contributed by atoms with Crippen LogP contribution < -0.4 is 0 Å². The fourth-order valence-electron chi connectivity index (χ4n) is 2.77. The minimum atomic E-state index is -3.78. The second-order valence-electron chi connectivity index (χ2n) is 6.34. The molecular formula is C18H22FN5O2S. The van der Waals surface area contributed by atoms with Gasteiger partial charge in [0, 0.05) is 44.6 Å². The lowest BCUT2D eigenvalue weighted by Gasteiger charge is -2.21. The van der Waals surface area contributed by atoms with E-state index in [1.54, 1.807) is 23.9 Å². The second-order valence-corrected chi connectivity index (χ2v) is 8.28. The predicted molar refractivity (Wildman–Crippen MR) is 98.7 cm³/mol. The molecule has 9 heteroatoms. The van der Waals surface area contributed by atoms with Gasteiger partial charge in [-0.15, -0.1) is 0 Å². The lowest BCUT2D eigenvalue weighted by molar-refractivity contribution is 0.400. The normalized spacial score (nSPS) is 12.0. The van der Waals surface area contributed by atoms with E-state index >= 15 is 0 Å². The Morgan fingerprint density at radius 1 is 1.15 bits per heavy atom. The first kappa shape index (κ1) is 19.2. The number of benzene rings is 1. The van der Waals surface area contributed by atoms with Crippen LogP contribution in [0.4, 0.5) is 4.39 Å². The quantitative estimate of drug-likeness (QED) is 0.620. The average Bonchev–Trinajstić information content (AvgIpc) is 3.22. The Hall–Kier alpha value is -2.52. The molecule has 0 spiro atoms. The summed E-state index contributed by atoms with van der Waals surface area (Å²) in [4.78, 5) is 0.118. The van der Waals surface area contributed by atoms with E-state index in [9.17, 15) is 12.8 Å². The van der Waals surface area contributed by atoms with E-state index in [1.807, 2.05) is 20.0 Å². The summed E-state index contributed by atoms with van der Waals surface area (Å²) in [6, 6.07) is 5.82. The van der Waals surface area contributed by atoms with E-state index in [0.29, 0.717) is 12.1 Å². The first-order chi connectivity index (χ1) is 12.8. The molecule has 0 saturated carbocycles. The van der Waals surface area contributed by atoms with Crippen molar-refractivity contribution in [1.82, 2.24) is 23.9 Å². The fourth-order valence-corrected chi connectivity index (χ4v) is 4.16. The molecule has 2 heterocycles. The number of aryl methyl sites for hydroxylation is 3. The van der Waals surface area contributed by atoms with Gasteiger partial charge < -0.3 is 0 Å². The summed E-state index contributed by atoms with van der Waals surface area (Å²) in [5.41, 5.74) is 2.30. The van der Waals surface area contributed by atoms with Gasteiger partial charge in [-0.2, -0.15) is 14.5 Å². The van der Waals surface area contributed by atoms with Gasteiger partial charge in [0.1, 0.15) is 10.7 Å². The average molecular weight is 391 g/mol. The summed E-state index contributed by atoms with van der Waals surface area (Å²) in [5, 5.41) is 8.36. The molecule has 3 aromatic rings. The lowest BCUT2D eigenvalue weighted by Crippen LogP contribution is -2.30. The largest absolute Gasteiger partial charge is 0.274 e. The van der Waals surface area contributed by atoms with E-state index in [2.05, 4.69) is 10.2 Å². The van der Waals surface area contributed by atoms with E-state index in [0.717, 1.165) is 11.3 Å². The molecule has 3 rings (SSSR count). The van der Waals surface area contributed by atoms with Gasteiger partial charge in [-0.05, 0) is 31.5 Å². The Labute approximate surface area is 158 Å². The molecule has 27 heavy (non-hydrogen) atoms. The van der Waals surface area contributed by atoms with Crippen molar-refractivity contribution in [2.24, 2.45) is 7.05 Å². The van der Waals surface area contributed by atoms with Gasteiger partial charge in [-0.3, -0.25) is 9.36 Å². The van der Waals surface area contributed by atoms with E-state index in [1.165, 1.54) is 33.5 Å². The van der Waals surface area contributed by atoms with Crippen LogP contribution in [0.15, 0.2) is 47.8 Å². The smallest absolute Gasteiger partial charge is 0.246 e. The maximum Gasteiger partial charge on any atom is 0.246 e. The summed E-state index contributed by atoms with van der Waals surface area (Å²) < 4.78 is 44.2. The van der Waals surface area contributed by atoms with Gasteiger partial charge in [0.2, 0.25) is 10.0 Å². The maximum atomic E-state index is 13.2. The van der Waals surface area contributed by atoms with Crippen LogP contribution in [-0.2, 0) is 36.7 Å². The summed E-state index contributed by atoms with van der Waals surface area (Å²) in [5.74, 6) is -0.361. The van der Waals surface area contributed by atoms with Gasteiger partial charge in [0.05, 0.1) is 11.9 Å². The van der Waals surface area contributed by atoms with Crippen LogP contribution in [0.2, 0.25) is 0 Å². The molecule has 0 saturated heterocycles. The third-order valence-electron chi connectivity index (χ3n) is 4.31. The number of hydrogen-bond acceptors (Lipinski definition) is 4. The second kappa shape index (κ2) is 7.61. The molecule has 2 aromatic heterocycles. The standard InChI is InChI=1S/C18H22FN5O2S/c1-4-23-11-16(14(2)21-23)12-24(10-15-5-7-17(19)8-6-15)27(25,26)18-9-20-22(3)13-18/h5-9,11,13H,4,10,12H2,1-3H3. The van der Waals surface area contributed by atoms with Gasteiger partial charge in [-0.1, -0.05) is 12.1 Å². The molecule has 0 aliphatic rings. The van der Waals surface area contributed by atoms with Crippen molar-refractivity contribution in [3.05, 3.63) is 65.5 Å². The molecule has 0 bridgehead atoms. The zero-order valence-corrected chi connectivity index (χ0v) is 16.3. The number of hydrogen-bond donors (Lipinski definition) is 0. The number of rotatable bonds is 7. The molecule has 0 N–H and O–H groups in total. The van der Waals surface area contributed by atoms with Crippen molar-refractivity contribution < 1.29 is 12.8 Å². The first-order valence-electron chi connectivity index (χ1n) is 8.55. The highest BCUT2D eigenvalue weighted by atomic mass is 32.2. The van der Waals surface area contributed by atoms with E-state index in [4.69, 9.17) is 0 Å². The van der Waals surface area contributed by atoms with Crippen LogP contribution in [-0.4, -0.2) is 32.3 Å². The summed E-state index contributed by atoms with van der Waals surface area (Å²) in [6.45, 7) is 4.82. The highest BCUT2D eigenvalue weighted by Gasteiger charge is 2.27. The van der Waals surface area contributed by atoms with Crippen LogP contribution in [0.5, 0.6) is 0 Å². The SMILES string of the molecule is CCn1cc(CN(Cc2ccc(F)cc2)S(=O)(=O)c2cnn(C)c2)c(C)n1. The Morgan fingerprint density at radius 2 is 1.85 bits per heavy atom. The Bertz CT molecular complexity index is 1020. The predicted octanol–water partition coefficient (Wildman–Crippen LogP) is 2.48. The van der Waals surface area contributed by atoms with Gasteiger partial charge in [0.25, 0.3) is 0 Å². The minimum absolute atomic E-state index is 0.118. The first-order valence-corrected chi connectivity index (χ1v) is 9.99. The molecule has 1 aromatic carbocycles. The van der Waals surface area contributed by atoms with E-state index < -0.39 is 10.0 Å². The third kappa shape index (κ3) is 4.25. The molecule has 144 valence electrons. The Morgan fingerprint density at radius 3 is 2.41 bits per heavy atom. The minimum Gasteiger partial charge on any atom is -0.274 e. The molecule has 7 nitrogen and oxygen atoms in total. The lowest BCUT2D eigenvalue weighted by atomic mass is 10.2. The monoisotopic (exact) mass is 391 g/mol. The molecule has 0 radical (unpaired) electrons. The van der Waals surface area contributed by atoms with Crippen molar-refractivity contribution in [2.45, 2.75) is 38.4 Å². The number of nitrogens with zero attached hydrogens (tertiary/aromatic N) is 5. The zero-order valence-electron chi connectivity index (χ0n) is 15.5. The molecule has 0 unspecified atom stereocenters. The topological polar surface area (TPSA) is 73.0 Å². The zero-order chi connectivity index (χ0) is 19.6. The van der Waals surface area contributed by atoms with Crippen molar-refractivity contribution in [2.75, 3.05) is 0 Å². The number of halogens is 1. The van der Waals surface area contributed by atoms with Crippen LogP contribution in [0.1, 0.15) is 23.7 Å². The Kier molecular flexibility index (Phi) is 5.43. The van der Waals surface area contributed by atoms with Gasteiger partial charge in [-0.25, -0.2) is 12.8 Å². The van der Waals surface area contributed by atoms with Gasteiger partial charge >= 0.3 is 0 Å². The number of aromatic nitrogens is 4. The maximum absolute atomic E-state index is 13.2. The van der Waals surface area contributed by atoms with Crippen molar-refractivity contribution >= 4 is 10.0 Å². The van der Waals surface area contributed by atoms with Crippen molar-refractivity contribution in [1.29, 1.82) is 0 Å². The highest BCUT2D eigenvalue weighted by Crippen LogP contribution is 2.22. The molecule has 0 atom stereocenters. The summed E-state index contributed by atoms with van der Waals surface area (Å²) in [7, 11) is -2.12. The van der Waals surface area contributed by atoms with Crippen molar-refractivity contribution in [3.63, 3.8) is 0 Å². The van der Waals surface area contributed by atoms with Crippen molar-refractivity contribution in [3.8, 4) is 0 Å². The molecular weight excluding hydrogens is 369 g/mol. The van der Waals surface area contributed by atoms with Crippen LogP contribution in [0.25, 0.3) is 0 Å². The summed E-state index contributed by atoms with van der Waals surface area (Å²) in [6.07, 6.45) is 4.65. The molecule has 0 aliphatic carbocycles. The van der Waals surface area contributed by atoms with Crippen LogP contribution in [0.3, 0.4) is 0 Å². The summed E-state index contributed by atoms with van der Waals surface area (Å²) >= 11 is 0. The molecule has 0 aliphatic heterocycles. The van der Waals surface area contributed by atoms with Crippen LogP contribution >= 0.6 is 0 Å². The Balaban J connectivity index is 1.97.